The summed E-state index contributed by atoms with van der Waals surface area (Å²) in [5, 5.41) is 9.68. The molecule has 0 atom stereocenters. The van der Waals surface area contributed by atoms with Gasteiger partial charge in [-0.1, -0.05) is 24.8 Å². The number of rotatable bonds is 9. The first-order valence-electron chi connectivity index (χ1n) is 7.67. The molecule has 1 aromatic carbocycles. The van der Waals surface area contributed by atoms with Gasteiger partial charge in [-0.3, -0.25) is 0 Å². The molecule has 0 unspecified atom stereocenters. The number of allylic oxidation sites excluding steroid dienone is 6. The normalized spacial score (nSPS) is 12.6. The zero-order valence-electron chi connectivity index (χ0n) is 15.1. The van der Waals surface area contributed by atoms with Crippen LogP contribution in [0.1, 0.15) is 13.8 Å². The van der Waals surface area contributed by atoms with E-state index in [0.717, 1.165) is 33.2 Å². The van der Waals surface area contributed by atoms with Crippen LogP contribution in [0, 0.1) is 0 Å². The molecule has 4 nitrogen and oxygen atoms in total. The molecule has 0 radical (unpaired) electrons. The summed E-state index contributed by atoms with van der Waals surface area (Å²) >= 11 is 1.41. The van der Waals surface area contributed by atoms with Gasteiger partial charge in [-0.15, -0.1) is 0 Å². The molecule has 25 heavy (non-hydrogen) atoms. The maximum atomic E-state index is 9.68. The van der Waals surface area contributed by atoms with Crippen LogP contribution in [0.2, 0.25) is 0 Å². The van der Waals surface area contributed by atoms with Gasteiger partial charge in [0, 0.05) is 5.70 Å². The largest absolute Gasteiger partial charge is 0.508 e. The first-order chi connectivity index (χ1) is 11.9. The highest BCUT2D eigenvalue weighted by Gasteiger charge is 2.07. The summed E-state index contributed by atoms with van der Waals surface area (Å²) in [6, 6.07) is 5.61. The fourth-order valence-corrected chi connectivity index (χ4v) is 2.65. The lowest BCUT2D eigenvalue weighted by atomic mass is 10.1. The average Bonchev–Trinajstić information content (AvgIpc) is 2.63. The Labute approximate surface area is 154 Å². The van der Waals surface area contributed by atoms with E-state index in [4.69, 9.17) is 9.47 Å². The lowest BCUT2D eigenvalue weighted by molar-refractivity contribution is 0.394. The molecule has 0 saturated heterocycles. The molecule has 0 spiro atoms. The van der Waals surface area contributed by atoms with Crippen molar-refractivity contribution in [1.29, 1.82) is 0 Å². The van der Waals surface area contributed by atoms with Crippen molar-refractivity contribution >= 4 is 11.9 Å². The van der Waals surface area contributed by atoms with Crippen molar-refractivity contribution in [2.45, 2.75) is 18.7 Å². The van der Waals surface area contributed by atoms with Crippen LogP contribution in [0.3, 0.4) is 0 Å². The van der Waals surface area contributed by atoms with Crippen LogP contribution in [-0.4, -0.2) is 19.3 Å². The van der Waals surface area contributed by atoms with Crippen LogP contribution < -0.4 is 14.2 Å². The molecule has 0 aliphatic heterocycles. The van der Waals surface area contributed by atoms with Crippen LogP contribution in [0.4, 0.5) is 0 Å². The van der Waals surface area contributed by atoms with Crippen molar-refractivity contribution in [2.24, 2.45) is 0 Å². The molecule has 0 amide bonds. The molecular formula is C20H25NO3S. The zero-order valence-corrected chi connectivity index (χ0v) is 15.9. The van der Waals surface area contributed by atoms with Crippen LogP contribution >= 0.6 is 11.9 Å². The Morgan fingerprint density at radius 1 is 1.24 bits per heavy atom. The van der Waals surface area contributed by atoms with E-state index < -0.39 is 0 Å². The molecule has 0 saturated carbocycles. The van der Waals surface area contributed by atoms with Gasteiger partial charge in [0.05, 0.1) is 19.1 Å². The SMILES string of the molecule is C=C\C(O)=C/C(=C/C(=C\C)NSc1cc(OC)ccc1OC)C(=C)C. The van der Waals surface area contributed by atoms with E-state index in [1.165, 1.54) is 18.0 Å². The van der Waals surface area contributed by atoms with Crippen molar-refractivity contribution in [3.63, 3.8) is 0 Å². The molecule has 1 rings (SSSR count). The Balaban J connectivity index is 3.02. The van der Waals surface area contributed by atoms with Crippen molar-refractivity contribution in [3.8, 4) is 11.5 Å². The molecule has 0 aliphatic rings. The topological polar surface area (TPSA) is 50.7 Å². The third-order valence-corrected chi connectivity index (χ3v) is 4.15. The quantitative estimate of drug-likeness (QED) is 0.354. The molecule has 0 aliphatic carbocycles. The molecule has 5 heteroatoms. The third kappa shape index (κ3) is 6.47. The summed E-state index contributed by atoms with van der Waals surface area (Å²) in [6.07, 6.45) is 6.84. The second kappa shape index (κ2) is 10.4. The standard InChI is InChI=1S/C20H25NO3S/c1-7-16(11-15(14(3)4)12-17(22)8-2)21-25-20-13-18(23-5)9-10-19(20)24-6/h7-13,21-22H,2-3H2,1,4-6H3/b15-11-,16-7+,17-12+. The van der Waals surface area contributed by atoms with E-state index in [1.54, 1.807) is 20.3 Å². The summed E-state index contributed by atoms with van der Waals surface area (Å²) in [7, 11) is 3.26. The molecule has 134 valence electrons. The second-order valence-corrected chi connectivity index (χ2v) is 5.97. The van der Waals surface area contributed by atoms with E-state index in [0.29, 0.717) is 0 Å². The smallest absolute Gasteiger partial charge is 0.134 e. The highest BCUT2D eigenvalue weighted by atomic mass is 32.2. The number of ether oxygens (including phenoxy) is 2. The van der Waals surface area contributed by atoms with Crippen LogP contribution in [0.15, 0.2) is 83.2 Å². The molecule has 0 heterocycles. The lowest BCUT2D eigenvalue weighted by Gasteiger charge is -2.12. The minimum atomic E-state index is 0.0896. The summed E-state index contributed by atoms with van der Waals surface area (Å²) in [5.41, 5.74) is 2.50. The van der Waals surface area contributed by atoms with Gasteiger partial charge in [0.25, 0.3) is 0 Å². The number of aliphatic hydroxyl groups is 1. The molecule has 0 fully saturated rings. The monoisotopic (exact) mass is 359 g/mol. The summed E-state index contributed by atoms with van der Waals surface area (Å²) in [5.74, 6) is 1.60. The minimum absolute atomic E-state index is 0.0896. The van der Waals surface area contributed by atoms with E-state index >= 15 is 0 Å². The van der Waals surface area contributed by atoms with Crippen molar-refractivity contribution in [1.82, 2.24) is 4.72 Å². The Morgan fingerprint density at radius 3 is 2.48 bits per heavy atom. The number of aliphatic hydroxyl groups excluding tert-OH is 1. The Bertz CT molecular complexity index is 718. The fourth-order valence-electron chi connectivity index (χ4n) is 1.82. The molecule has 1 aromatic rings. The van der Waals surface area contributed by atoms with Crippen molar-refractivity contribution in [3.05, 3.63) is 78.3 Å². The molecule has 0 bridgehead atoms. The second-order valence-electron chi connectivity index (χ2n) is 5.12. The predicted octanol–water partition coefficient (Wildman–Crippen LogP) is 5.33. The van der Waals surface area contributed by atoms with E-state index in [9.17, 15) is 5.11 Å². The number of nitrogens with one attached hydrogen (secondary N) is 1. The van der Waals surface area contributed by atoms with Crippen molar-refractivity contribution in [2.75, 3.05) is 14.2 Å². The first-order valence-corrected chi connectivity index (χ1v) is 8.48. The maximum absolute atomic E-state index is 9.68. The van der Waals surface area contributed by atoms with Gasteiger partial charge in [0.15, 0.2) is 0 Å². The molecule has 2 N–H and O–H groups in total. The van der Waals surface area contributed by atoms with Gasteiger partial charge in [0.2, 0.25) is 0 Å². The van der Waals surface area contributed by atoms with E-state index in [1.807, 2.05) is 44.2 Å². The number of hydrogen-bond donors (Lipinski definition) is 2. The maximum Gasteiger partial charge on any atom is 0.134 e. The van der Waals surface area contributed by atoms with E-state index in [2.05, 4.69) is 17.9 Å². The number of methoxy groups -OCH3 is 2. The van der Waals surface area contributed by atoms with Crippen LogP contribution in [-0.2, 0) is 0 Å². The minimum Gasteiger partial charge on any atom is -0.508 e. The van der Waals surface area contributed by atoms with Crippen molar-refractivity contribution < 1.29 is 14.6 Å². The van der Waals surface area contributed by atoms with Gasteiger partial charge in [-0.2, -0.15) is 0 Å². The van der Waals surface area contributed by atoms with E-state index in [-0.39, 0.29) is 5.76 Å². The van der Waals surface area contributed by atoms with Gasteiger partial charge in [0.1, 0.15) is 17.3 Å². The fraction of sp³-hybridized carbons (Fsp3) is 0.200. The summed E-state index contributed by atoms with van der Waals surface area (Å²) in [6.45, 7) is 11.3. The predicted molar refractivity (Wildman–Crippen MR) is 106 cm³/mol. The number of benzene rings is 1. The summed E-state index contributed by atoms with van der Waals surface area (Å²) < 4.78 is 13.9. The van der Waals surface area contributed by atoms with Crippen LogP contribution in [0.25, 0.3) is 0 Å². The first kappa shape index (κ1) is 20.5. The number of hydrogen-bond acceptors (Lipinski definition) is 5. The average molecular weight is 359 g/mol. The zero-order chi connectivity index (χ0) is 18.8. The Hall–Kier alpha value is -2.53. The third-order valence-electron chi connectivity index (χ3n) is 3.28. The van der Waals surface area contributed by atoms with Gasteiger partial charge in [-0.05, 0) is 67.8 Å². The highest BCUT2D eigenvalue weighted by molar-refractivity contribution is 7.97. The lowest BCUT2D eigenvalue weighted by Crippen LogP contribution is -2.03. The van der Waals surface area contributed by atoms with Gasteiger partial charge < -0.3 is 19.3 Å². The molecular weight excluding hydrogens is 334 g/mol. The van der Waals surface area contributed by atoms with Gasteiger partial charge >= 0.3 is 0 Å². The highest BCUT2D eigenvalue weighted by Crippen LogP contribution is 2.32. The Morgan fingerprint density at radius 2 is 1.96 bits per heavy atom. The Kier molecular flexibility index (Phi) is 8.50. The van der Waals surface area contributed by atoms with Gasteiger partial charge in [-0.25, -0.2) is 0 Å². The molecule has 0 aromatic heterocycles. The summed E-state index contributed by atoms with van der Waals surface area (Å²) in [4.78, 5) is 0.899. The van der Waals surface area contributed by atoms with Crippen LogP contribution in [0.5, 0.6) is 11.5 Å².